The van der Waals surface area contributed by atoms with Gasteiger partial charge in [-0.15, -0.1) is 0 Å². The van der Waals surface area contributed by atoms with Crippen molar-refractivity contribution in [2.75, 3.05) is 13.1 Å². The fraction of sp³-hybridized carbons (Fsp3) is 0.625. The molecule has 18 heavy (non-hydrogen) atoms. The Morgan fingerprint density at radius 3 is 2.33 bits per heavy atom. The Bertz CT molecular complexity index is 359. The Kier molecular flexibility index (Phi) is 4.41. The molecule has 2 nitrogen and oxygen atoms in total. The quantitative estimate of drug-likeness (QED) is 0.884. The Morgan fingerprint density at radius 1 is 1.17 bits per heavy atom. The van der Waals surface area contributed by atoms with Gasteiger partial charge in [0.15, 0.2) is 0 Å². The van der Waals surface area contributed by atoms with Crippen LogP contribution in [0.2, 0.25) is 0 Å². The summed E-state index contributed by atoms with van der Waals surface area (Å²) in [6.07, 6.45) is 1.31. The fourth-order valence-electron chi connectivity index (χ4n) is 3.11. The molecule has 0 aromatic heterocycles. The molecule has 2 heteroatoms. The molecule has 1 aliphatic rings. The summed E-state index contributed by atoms with van der Waals surface area (Å²) in [4.78, 5) is 2.57. The molecule has 2 N–H and O–H groups in total. The molecule has 2 rings (SSSR count). The lowest BCUT2D eigenvalue weighted by molar-refractivity contribution is 0.204. The third-order valence-electron chi connectivity index (χ3n) is 4.23. The molecule has 1 fully saturated rings. The fourth-order valence-corrected chi connectivity index (χ4v) is 3.11. The van der Waals surface area contributed by atoms with Crippen LogP contribution in [0.25, 0.3) is 0 Å². The maximum atomic E-state index is 6.23. The van der Waals surface area contributed by atoms with Gasteiger partial charge in [-0.2, -0.15) is 0 Å². The summed E-state index contributed by atoms with van der Waals surface area (Å²) in [7, 11) is 0. The molecule has 3 unspecified atom stereocenters. The Hall–Kier alpha value is -0.860. The van der Waals surface area contributed by atoms with Gasteiger partial charge in [0.2, 0.25) is 0 Å². The van der Waals surface area contributed by atoms with Crippen molar-refractivity contribution in [3.05, 3.63) is 35.9 Å². The second kappa shape index (κ2) is 5.85. The first kappa shape index (κ1) is 13.6. The second-order valence-corrected chi connectivity index (χ2v) is 6.00. The zero-order chi connectivity index (χ0) is 13.1. The lowest BCUT2D eigenvalue weighted by atomic mass is 9.95. The molecular formula is C16H26N2. The molecule has 3 atom stereocenters. The second-order valence-electron chi connectivity index (χ2n) is 6.00. The number of hydrogen-bond acceptors (Lipinski definition) is 2. The predicted octanol–water partition coefficient (Wildman–Crippen LogP) is 3.05. The molecule has 0 spiro atoms. The molecule has 1 aliphatic heterocycles. The molecule has 100 valence electrons. The van der Waals surface area contributed by atoms with Gasteiger partial charge in [-0.1, -0.05) is 44.2 Å². The largest absolute Gasteiger partial charge is 0.326 e. The van der Waals surface area contributed by atoms with E-state index in [1.165, 1.54) is 25.1 Å². The van der Waals surface area contributed by atoms with E-state index in [4.69, 9.17) is 5.73 Å². The van der Waals surface area contributed by atoms with Crippen LogP contribution in [0.15, 0.2) is 30.3 Å². The van der Waals surface area contributed by atoms with Crippen molar-refractivity contribution in [2.45, 2.75) is 39.3 Å². The highest BCUT2D eigenvalue weighted by molar-refractivity contribution is 5.21. The van der Waals surface area contributed by atoms with E-state index in [-0.39, 0.29) is 6.04 Å². The molecule has 0 radical (unpaired) electrons. The van der Waals surface area contributed by atoms with Crippen LogP contribution in [0, 0.1) is 11.8 Å². The van der Waals surface area contributed by atoms with Crippen molar-refractivity contribution in [3.63, 3.8) is 0 Å². The van der Waals surface area contributed by atoms with Crippen molar-refractivity contribution in [3.8, 4) is 0 Å². The minimum Gasteiger partial charge on any atom is -0.326 e. The number of hydrogen-bond donors (Lipinski definition) is 1. The molecular weight excluding hydrogens is 220 g/mol. The summed E-state index contributed by atoms with van der Waals surface area (Å²) >= 11 is 0. The first-order valence-corrected chi connectivity index (χ1v) is 7.14. The minimum absolute atomic E-state index is 0.179. The minimum atomic E-state index is 0.179. The topological polar surface area (TPSA) is 29.3 Å². The third-order valence-corrected chi connectivity index (χ3v) is 4.23. The molecule has 0 amide bonds. The van der Waals surface area contributed by atoms with Crippen LogP contribution in [0.1, 0.15) is 38.8 Å². The number of rotatable bonds is 4. The zero-order valence-electron chi connectivity index (χ0n) is 11.8. The van der Waals surface area contributed by atoms with Gasteiger partial charge in [0.25, 0.3) is 0 Å². The van der Waals surface area contributed by atoms with Gasteiger partial charge in [0.1, 0.15) is 0 Å². The molecule has 0 aliphatic carbocycles. The van der Waals surface area contributed by atoms with Crippen molar-refractivity contribution >= 4 is 0 Å². The van der Waals surface area contributed by atoms with E-state index in [1.54, 1.807) is 0 Å². The number of benzene rings is 1. The van der Waals surface area contributed by atoms with Crippen LogP contribution in [-0.2, 0) is 0 Å². The van der Waals surface area contributed by atoms with Crippen molar-refractivity contribution in [1.82, 2.24) is 4.90 Å². The number of nitrogens with zero attached hydrogens (tertiary/aromatic N) is 1. The third kappa shape index (κ3) is 2.93. The van der Waals surface area contributed by atoms with Gasteiger partial charge in [0.05, 0.1) is 0 Å². The number of nitrogens with two attached hydrogens (primary N) is 1. The molecule has 0 saturated carbocycles. The van der Waals surface area contributed by atoms with E-state index in [0.717, 1.165) is 11.8 Å². The van der Waals surface area contributed by atoms with E-state index in [9.17, 15) is 0 Å². The van der Waals surface area contributed by atoms with Gasteiger partial charge >= 0.3 is 0 Å². The Labute approximate surface area is 111 Å². The normalized spacial score (nSPS) is 24.4. The monoisotopic (exact) mass is 246 g/mol. The van der Waals surface area contributed by atoms with E-state index >= 15 is 0 Å². The van der Waals surface area contributed by atoms with Gasteiger partial charge in [-0.05, 0) is 37.3 Å². The summed E-state index contributed by atoms with van der Waals surface area (Å²) in [6, 6.07) is 11.3. The van der Waals surface area contributed by atoms with E-state index < -0.39 is 0 Å². The van der Waals surface area contributed by atoms with Crippen LogP contribution < -0.4 is 5.73 Å². The van der Waals surface area contributed by atoms with Crippen LogP contribution in [0.5, 0.6) is 0 Å². The standard InChI is InChI=1S/C16H26N2/c1-12(2)15-9-10-18(11-15)16(13(3)17)14-7-5-4-6-8-14/h4-8,12-13,15-16H,9-11,17H2,1-3H3. The first-order valence-electron chi connectivity index (χ1n) is 7.14. The van der Waals surface area contributed by atoms with Crippen LogP contribution >= 0.6 is 0 Å². The predicted molar refractivity (Wildman–Crippen MR) is 77.4 cm³/mol. The summed E-state index contributed by atoms with van der Waals surface area (Å²) in [5.41, 5.74) is 7.59. The molecule has 1 saturated heterocycles. The maximum absolute atomic E-state index is 6.23. The summed E-state index contributed by atoms with van der Waals surface area (Å²) < 4.78 is 0. The van der Waals surface area contributed by atoms with E-state index in [0.29, 0.717) is 6.04 Å². The average Bonchev–Trinajstić information content (AvgIpc) is 2.79. The van der Waals surface area contributed by atoms with Crippen molar-refractivity contribution in [1.29, 1.82) is 0 Å². The van der Waals surface area contributed by atoms with Crippen molar-refractivity contribution in [2.24, 2.45) is 17.6 Å². The van der Waals surface area contributed by atoms with E-state index in [1.807, 2.05) is 0 Å². The zero-order valence-corrected chi connectivity index (χ0v) is 11.8. The highest BCUT2D eigenvalue weighted by atomic mass is 15.2. The lowest BCUT2D eigenvalue weighted by Crippen LogP contribution is -2.38. The first-order chi connectivity index (χ1) is 8.59. The highest BCUT2D eigenvalue weighted by Crippen LogP contribution is 2.32. The SMILES string of the molecule is CC(C)C1CCN(C(c2ccccc2)C(C)N)C1. The summed E-state index contributed by atoms with van der Waals surface area (Å²) in [5, 5.41) is 0. The van der Waals surface area contributed by atoms with Gasteiger partial charge in [-0.25, -0.2) is 0 Å². The average molecular weight is 246 g/mol. The Balaban J connectivity index is 2.13. The summed E-state index contributed by atoms with van der Waals surface area (Å²) in [5.74, 6) is 1.61. The smallest absolute Gasteiger partial charge is 0.0496 e. The highest BCUT2D eigenvalue weighted by Gasteiger charge is 2.32. The number of likely N-dealkylation sites (tertiary alicyclic amines) is 1. The van der Waals surface area contributed by atoms with Crippen molar-refractivity contribution < 1.29 is 0 Å². The summed E-state index contributed by atoms with van der Waals surface area (Å²) in [6.45, 7) is 9.16. The molecule has 1 heterocycles. The lowest BCUT2D eigenvalue weighted by Gasteiger charge is -2.31. The molecule has 0 bridgehead atoms. The van der Waals surface area contributed by atoms with Gasteiger partial charge < -0.3 is 5.73 Å². The van der Waals surface area contributed by atoms with E-state index in [2.05, 4.69) is 56.0 Å². The molecule has 1 aromatic rings. The van der Waals surface area contributed by atoms with Crippen LogP contribution in [-0.4, -0.2) is 24.0 Å². The van der Waals surface area contributed by atoms with Gasteiger partial charge in [-0.3, -0.25) is 4.90 Å². The van der Waals surface area contributed by atoms with Crippen LogP contribution in [0.4, 0.5) is 0 Å². The van der Waals surface area contributed by atoms with Crippen LogP contribution in [0.3, 0.4) is 0 Å². The molecule has 1 aromatic carbocycles. The Morgan fingerprint density at radius 2 is 1.83 bits per heavy atom. The maximum Gasteiger partial charge on any atom is 0.0496 e. The van der Waals surface area contributed by atoms with Gasteiger partial charge in [0, 0.05) is 18.6 Å².